The molecule has 5 nitrogen and oxygen atoms in total. The molecule has 5 heteroatoms. The highest BCUT2D eigenvalue weighted by Crippen LogP contribution is 2.05. The molecule has 1 N–H and O–H groups in total. The summed E-state index contributed by atoms with van der Waals surface area (Å²) in [6, 6.07) is 8.59. The predicted octanol–water partition coefficient (Wildman–Crippen LogP) is 0.703. The summed E-state index contributed by atoms with van der Waals surface area (Å²) in [5, 5.41) is 11.5. The van der Waals surface area contributed by atoms with Gasteiger partial charge in [-0.25, -0.2) is 0 Å². The maximum atomic E-state index is 11.8. The van der Waals surface area contributed by atoms with Crippen LogP contribution in [0.2, 0.25) is 0 Å². The molecule has 94 valence electrons. The summed E-state index contributed by atoms with van der Waals surface area (Å²) < 4.78 is 10.7. The molecule has 2 rings (SSSR count). The number of amides is 1. The third-order valence-corrected chi connectivity index (χ3v) is 2.63. The van der Waals surface area contributed by atoms with Gasteiger partial charge in [-0.15, -0.1) is 0 Å². The lowest BCUT2D eigenvalue weighted by molar-refractivity contribution is -0.0855. The smallest absolute Gasteiger partial charge is 0.251 e. The SMILES string of the molecule is N#Cc1cccc(C(=O)NCC2COCCO2)c1. The van der Waals surface area contributed by atoms with Crippen LogP contribution in [0.3, 0.4) is 0 Å². The molecule has 1 heterocycles. The highest BCUT2D eigenvalue weighted by Gasteiger charge is 2.15. The summed E-state index contributed by atoms with van der Waals surface area (Å²) >= 11 is 0. The number of benzene rings is 1. The number of ether oxygens (including phenoxy) is 2. The van der Waals surface area contributed by atoms with Crippen LogP contribution < -0.4 is 5.32 Å². The van der Waals surface area contributed by atoms with Gasteiger partial charge in [-0.1, -0.05) is 6.07 Å². The van der Waals surface area contributed by atoms with Crippen molar-refractivity contribution in [2.45, 2.75) is 6.10 Å². The van der Waals surface area contributed by atoms with Gasteiger partial charge in [0.05, 0.1) is 37.6 Å². The number of nitrogens with one attached hydrogen (secondary N) is 1. The van der Waals surface area contributed by atoms with Gasteiger partial charge in [0.1, 0.15) is 0 Å². The summed E-state index contributed by atoms with van der Waals surface area (Å²) in [5.41, 5.74) is 0.950. The zero-order valence-corrected chi connectivity index (χ0v) is 9.89. The van der Waals surface area contributed by atoms with Gasteiger partial charge in [-0.05, 0) is 18.2 Å². The second kappa shape index (κ2) is 6.15. The van der Waals surface area contributed by atoms with Crippen molar-refractivity contribution in [3.05, 3.63) is 35.4 Å². The first-order valence-corrected chi connectivity index (χ1v) is 5.77. The minimum absolute atomic E-state index is 0.0955. The van der Waals surface area contributed by atoms with Crippen molar-refractivity contribution in [1.29, 1.82) is 5.26 Å². The molecular formula is C13H14N2O3. The Morgan fingerprint density at radius 1 is 1.50 bits per heavy atom. The Morgan fingerprint density at radius 2 is 2.39 bits per heavy atom. The zero-order chi connectivity index (χ0) is 12.8. The first-order valence-electron chi connectivity index (χ1n) is 5.77. The van der Waals surface area contributed by atoms with Crippen LogP contribution >= 0.6 is 0 Å². The van der Waals surface area contributed by atoms with E-state index in [2.05, 4.69) is 5.32 Å². The van der Waals surface area contributed by atoms with E-state index in [0.29, 0.717) is 37.5 Å². The predicted molar refractivity (Wildman–Crippen MR) is 64.0 cm³/mol. The van der Waals surface area contributed by atoms with E-state index in [1.807, 2.05) is 6.07 Å². The fourth-order valence-electron chi connectivity index (χ4n) is 1.69. The monoisotopic (exact) mass is 246 g/mol. The molecule has 1 amide bonds. The van der Waals surface area contributed by atoms with Gasteiger partial charge in [0.25, 0.3) is 5.91 Å². The van der Waals surface area contributed by atoms with Crippen molar-refractivity contribution in [2.24, 2.45) is 0 Å². The minimum Gasteiger partial charge on any atom is -0.376 e. The van der Waals surface area contributed by atoms with Gasteiger partial charge < -0.3 is 14.8 Å². The van der Waals surface area contributed by atoms with Gasteiger partial charge in [-0.2, -0.15) is 5.26 Å². The molecule has 1 fully saturated rings. The quantitative estimate of drug-likeness (QED) is 0.852. The fourth-order valence-corrected chi connectivity index (χ4v) is 1.69. The van der Waals surface area contributed by atoms with Crippen molar-refractivity contribution >= 4 is 5.91 Å². The van der Waals surface area contributed by atoms with Crippen molar-refractivity contribution in [2.75, 3.05) is 26.4 Å². The van der Waals surface area contributed by atoms with E-state index in [0.717, 1.165) is 0 Å². The molecule has 0 aliphatic carbocycles. The molecule has 1 unspecified atom stereocenters. The fraction of sp³-hybridized carbons (Fsp3) is 0.385. The second-order valence-corrected chi connectivity index (χ2v) is 3.97. The third-order valence-electron chi connectivity index (χ3n) is 2.63. The highest BCUT2D eigenvalue weighted by atomic mass is 16.6. The highest BCUT2D eigenvalue weighted by molar-refractivity contribution is 5.94. The standard InChI is InChI=1S/C13H14N2O3/c14-7-10-2-1-3-11(6-10)13(16)15-8-12-9-17-4-5-18-12/h1-3,6,12H,4-5,8-9H2,(H,15,16). The summed E-state index contributed by atoms with van der Waals surface area (Å²) in [6.07, 6.45) is -0.0955. The molecular weight excluding hydrogens is 232 g/mol. The van der Waals surface area contributed by atoms with Crippen molar-refractivity contribution in [1.82, 2.24) is 5.32 Å². The van der Waals surface area contributed by atoms with Crippen LogP contribution in [0.1, 0.15) is 15.9 Å². The normalized spacial score (nSPS) is 18.9. The van der Waals surface area contributed by atoms with Crippen LogP contribution in [0.15, 0.2) is 24.3 Å². The molecule has 0 radical (unpaired) electrons. The molecule has 1 saturated heterocycles. The van der Waals surface area contributed by atoms with Crippen LogP contribution in [0, 0.1) is 11.3 Å². The van der Waals surface area contributed by atoms with Crippen LogP contribution in [-0.4, -0.2) is 38.4 Å². The van der Waals surface area contributed by atoms with Crippen molar-refractivity contribution in [3.63, 3.8) is 0 Å². The largest absolute Gasteiger partial charge is 0.376 e. The lowest BCUT2D eigenvalue weighted by atomic mass is 10.1. The first-order chi connectivity index (χ1) is 8.79. The van der Waals surface area contributed by atoms with E-state index in [9.17, 15) is 4.79 Å². The molecule has 0 saturated carbocycles. The molecule has 0 spiro atoms. The lowest BCUT2D eigenvalue weighted by Crippen LogP contribution is -2.39. The number of nitriles is 1. The average molecular weight is 246 g/mol. The lowest BCUT2D eigenvalue weighted by Gasteiger charge is -2.23. The number of nitrogens with zero attached hydrogens (tertiary/aromatic N) is 1. The summed E-state index contributed by atoms with van der Waals surface area (Å²) in [6.45, 7) is 2.08. The van der Waals surface area contributed by atoms with Crippen molar-refractivity contribution in [3.8, 4) is 6.07 Å². The maximum Gasteiger partial charge on any atom is 0.251 e. The van der Waals surface area contributed by atoms with Gasteiger partial charge in [-0.3, -0.25) is 4.79 Å². The first kappa shape index (κ1) is 12.6. The number of carbonyl (C=O) groups is 1. The van der Waals surface area contributed by atoms with Gasteiger partial charge in [0, 0.05) is 12.1 Å². The molecule has 0 bridgehead atoms. The van der Waals surface area contributed by atoms with Gasteiger partial charge in [0.15, 0.2) is 0 Å². The van der Waals surface area contributed by atoms with Crippen LogP contribution in [0.25, 0.3) is 0 Å². The summed E-state index contributed by atoms with van der Waals surface area (Å²) in [7, 11) is 0. The van der Waals surface area contributed by atoms with Gasteiger partial charge in [0.2, 0.25) is 0 Å². The van der Waals surface area contributed by atoms with Crippen LogP contribution in [0.4, 0.5) is 0 Å². The van der Waals surface area contributed by atoms with Crippen molar-refractivity contribution < 1.29 is 14.3 Å². The Bertz CT molecular complexity index is 462. The van der Waals surface area contributed by atoms with E-state index in [4.69, 9.17) is 14.7 Å². The van der Waals surface area contributed by atoms with Crippen LogP contribution in [-0.2, 0) is 9.47 Å². The average Bonchev–Trinajstić information content (AvgIpc) is 2.46. The Balaban J connectivity index is 1.89. The van der Waals surface area contributed by atoms with E-state index >= 15 is 0 Å². The van der Waals surface area contributed by atoms with E-state index in [1.54, 1.807) is 24.3 Å². The topological polar surface area (TPSA) is 71.4 Å². The molecule has 1 atom stereocenters. The maximum absolute atomic E-state index is 11.8. The van der Waals surface area contributed by atoms with E-state index in [1.165, 1.54) is 0 Å². The Hall–Kier alpha value is -1.90. The Labute approximate surface area is 105 Å². The molecule has 1 aliphatic rings. The molecule has 1 aromatic carbocycles. The van der Waals surface area contributed by atoms with Crippen LogP contribution in [0.5, 0.6) is 0 Å². The number of carbonyl (C=O) groups excluding carboxylic acids is 1. The number of hydrogen-bond acceptors (Lipinski definition) is 4. The third kappa shape index (κ3) is 3.29. The molecule has 1 aliphatic heterocycles. The summed E-state index contributed by atoms with van der Waals surface area (Å²) in [5.74, 6) is -0.207. The molecule has 18 heavy (non-hydrogen) atoms. The van der Waals surface area contributed by atoms with Gasteiger partial charge >= 0.3 is 0 Å². The Kier molecular flexibility index (Phi) is 4.29. The summed E-state index contributed by atoms with van der Waals surface area (Å²) in [4.78, 5) is 11.8. The molecule has 0 aromatic heterocycles. The minimum atomic E-state index is -0.207. The number of hydrogen-bond donors (Lipinski definition) is 1. The van der Waals surface area contributed by atoms with E-state index in [-0.39, 0.29) is 12.0 Å². The Morgan fingerprint density at radius 3 is 3.11 bits per heavy atom. The second-order valence-electron chi connectivity index (χ2n) is 3.97. The number of rotatable bonds is 3. The zero-order valence-electron chi connectivity index (χ0n) is 9.89. The van der Waals surface area contributed by atoms with E-state index < -0.39 is 0 Å². The molecule has 1 aromatic rings.